The number of carboxylic acids is 2. The lowest BCUT2D eigenvalue weighted by molar-refractivity contribution is -0.138. The van der Waals surface area contributed by atoms with E-state index in [1.165, 1.54) is 0 Å². The van der Waals surface area contributed by atoms with Crippen LogP contribution in [0.4, 0.5) is 0 Å². The fourth-order valence-electron chi connectivity index (χ4n) is 0.391. The molecule has 0 unspecified atom stereocenters. The van der Waals surface area contributed by atoms with Crippen LogP contribution in [0.2, 0.25) is 0 Å². The van der Waals surface area contributed by atoms with Gasteiger partial charge in [0.1, 0.15) is 0 Å². The van der Waals surface area contributed by atoms with Gasteiger partial charge in [-0.1, -0.05) is 0 Å². The molecule has 68 valence electrons. The molecule has 0 aromatic carbocycles. The van der Waals surface area contributed by atoms with Crippen LogP contribution in [0, 0.1) is 0 Å². The average molecular weight is 187 g/mol. The first-order valence-electron chi connectivity index (χ1n) is 2.56. The quantitative estimate of drug-likeness (QED) is 0.641. The number of hydrogen-bond donors (Lipinski definition) is 2. The van der Waals surface area contributed by atoms with E-state index in [-0.39, 0.29) is 37.1 Å². The summed E-state index contributed by atoms with van der Waals surface area (Å²) in [7, 11) is 0. The van der Waals surface area contributed by atoms with Gasteiger partial charge in [0, 0.05) is 12.8 Å². The maximum atomic E-state index is 9.79. The first-order valence-corrected chi connectivity index (χ1v) is 2.56. The van der Waals surface area contributed by atoms with Crippen molar-refractivity contribution in [3.8, 4) is 0 Å². The van der Waals surface area contributed by atoms with E-state index in [1.54, 1.807) is 0 Å². The zero-order chi connectivity index (χ0) is 7.28. The maximum Gasteiger partial charge on any atom is 0.303 e. The number of hydrogen-bond acceptors (Lipinski definition) is 2. The Morgan fingerprint density at radius 2 is 1.27 bits per heavy atom. The molecular formula is C5H11ClO5. The highest BCUT2D eigenvalue weighted by Gasteiger charge is 1.99. The number of carboxylic acid groups (broad SMARTS) is 2. The van der Waals surface area contributed by atoms with E-state index in [0.29, 0.717) is 0 Å². The van der Waals surface area contributed by atoms with Crippen molar-refractivity contribution in [1.29, 1.82) is 0 Å². The van der Waals surface area contributed by atoms with Crippen molar-refractivity contribution in [3.05, 3.63) is 0 Å². The van der Waals surface area contributed by atoms with Crippen LogP contribution in [-0.4, -0.2) is 27.6 Å². The second-order valence-corrected chi connectivity index (χ2v) is 1.64. The lowest BCUT2D eigenvalue weighted by atomic mass is 10.2. The van der Waals surface area contributed by atoms with E-state index < -0.39 is 11.9 Å². The fourth-order valence-corrected chi connectivity index (χ4v) is 0.391. The minimum absolute atomic E-state index is 0. The maximum absolute atomic E-state index is 9.79. The molecule has 0 saturated heterocycles. The Morgan fingerprint density at radius 3 is 1.45 bits per heavy atom. The zero-order valence-electron chi connectivity index (χ0n) is 5.74. The zero-order valence-corrected chi connectivity index (χ0v) is 6.56. The van der Waals surface area contributed by atoms with E-state index >= 15 is 0 Å². The minimum atomic E-state index is -0.948. The number of rotatable bonds is 4. The Kier molecular flexibility index (Phi) is 13.9. The summed E-state index contributed by atoms with van der Waals surface area (Å²) in [6.45, 7) is 0. The molecule has 0 fully saturated rings. The summed E-state index contributed by atoms with van der Waals surface area (Å²) in [5.41, 5.74) is 0. The van der Waals surface area contributed by atoms with Crippen LogP contribution in [0.25, 0.3) is 0 Å². The van der Waals surface area contributed by atoms with Crippen molar-refractivity contribution >= 4 is 24.3 Å². The van der Waals surface area contributed by atoms with Gasteiger partial charge in [-0.3, -0.25) is 9.59 Å². The van der Waals surface area contributed by atoms with Crippen LogP contribution in [0.5, 0.6) is 0 Å². The number of halogens is 1. The molecule has 0 aliphatic rings. The van der Waals surface area contributed by atoms with Gasteiger partial charge in [-0.25, -0.2) is 0 Å². The Morgan fingerprint density at radius 1 is 1.00 bits per heavy atom. The molecule has 6 heteroatoms. The molecule has 0 heterocycles. The van der Waals surface area contributed by atoms with Crippen molar-refractivity contribution < 1.29 is 25.3 Å². The summed E-state index contributed by atoms with van der Waals surface area (Å²) in [6.07, 6.45) is 0.0866. The van der Waals surface area contributed by atoms with Crippen molar-refractivity contribution in [2.75, 3.05) is 0 Å². The largest absolute Gasteiger partial charge is 0.481 e. The molecule has 0 aromatic rings. The predicted octanol–water partition coefficient (Wildman–Crippen LogP) is -0.0770. The number of aliphatic carboxylic acids is 2. The van der Waals surface area contributed by atoms with Gasteiger partial charge in [0.25, 0.3) is 0 Å². The van der Waals surface area contributed by atoms with E-state index in [4.69, 9.17) is 10.2 Å². The smallest absolute Gasteiger partial charge is 0.303 e. The number of carbonyl (C=O) groups is 2. The van der Waals surface area contributed by atoms with Gasteiger partial charge >= 0.3 is 11.9 Å². The Labute approximate surface area is 69.7 Å². The van der Waals surface area contributed by atoms with Crippen LogP contribution in [0.1, 0.15) is 19.3 Å². The van der Waals surface area contributed by atoms with Gasteiger partial charge in [0.2, 0.25) is 0 Å². The Bertz CT molecular complexity index is 110. The highest BCUT2D eigenvalue weighted by molar-refractivity contribution is 5.85. The molecule has 4 N–H and O–H groups in total. The SMILES string of the molecule is Cl.O.O=C(O)CCCC(=O)O. The average Bonchev–Trinajstić information content (AvgIpc) is 1.63. The first kappa shape index (κ1) is 16.6. The molecule has 5 nitrogen and oxygen atoms in total. The Balaban J connectivity index is -0.000000320. The van der Waals surface area contributed by atoms with Gasteiger partial charge in [0.15, 0.2) is 0 Å². The van der Waals surface area contributed by atoms with E-state index in [2.05, 4.69) is 0 Å². The molecule has 0 rings (SSSR count). The fraction of sp³-hybridized carbons (Fsp3) is 0.600. The van der Waals surface area contributed by atoms with Crippen LogP contribution >= 0.6 is 12.4 Å². The van der Waals surface area contributed by atoms with Crippen molar-refractivity contribution in [3.63, 3.8) is 0 Å². The monoisotopic (exact) mass is 186 g/mol. The van der Waals surface area contributed by atoms with Crippen LogP contribution in [0.15, 0.2) is 0 Å². The predicted molar refractivity (Wildman–Crippen MR) is 40.0 cm³/mol. The van der Waals surface area contributed by atoms with E-state index in [0.717, 1.165) is 0 Å². The van der Waals surface area contributed by atoms with E-state index in [1.807, 2.05) is 0 Å². The normalized spacial score (nSPS) is 7.27. The molecule has 0 spiro atoms. The molecule has 0 bridgehead atoms. The lowest BCUT2D eigenvalue weighted by Crippen LogP contribution is -1.98. The topological polar surface area (TPSA) is 106 Å². The summed E-state index contributed by atoms with van der Waals surface area (Å²) in [5.74, 6) is -1.90. The lowest BCUT2D eigenvalue weighted by Gasteiger charge is -1.89. The van der Waals surface area contributed by atoms with Crippen LogP contribution < -0.4 is 0 Å². The summed E-state index contributed by atoms with van der Waals surface area (Å²) >= 11 is 0. The third kappa shape index (κ3) is 17.6. The molecular weight excluding hydrogens is 176 g/mol. The van der Waals surface area contributed by atoms with Gasteiger partial charge in [-0.05, 0) is 6.42 Å². The molecule has 11 heavy (non-hydrogen) atoms. The summed E-state index contributed by atoms with van der Waals surface area (Å²) in [6, 6.07) is 0. The highest BCUT2D eigenvalue weighted by Crippen LogP contribution is 1.93. The van der Waals surface area contributed by atoms with Crippen LogP contribution in [0.3, 0.4) is 0 Å². The first-order chi connectivity index (χ1) is 4.13. The summed E-state index contributed by atoms with van der Waals surface area (Å²) in [5, 5.41) is 16.1. The van der Waals surface area contributed by atoms with Gasteiger partial charge in [-0.2, -0.15) is 0 Å². The van der Waals surface area contributed by atoms with Crippen molar-refractivity contribution in [2.24, 2.45) is 0 Å². The third-order valence-corrected chi connectivity index (χ3v) is 0.781. The second-order valence-electron chi connectivity index (χ2n) is 1.64. The molecule has 0 atom stereocenters. The molecule has 0 aliphatic carbocycles. The second kappa shape index (κ2) is 9.19. The van der Waals surface area contributed by atoms with Gasteiger partial charge in [0.05, 0.1) is 0 Å². The standard InChI is InChI=1S/C5H8O4.ClH.H2O/c6-4(7)2-1-3-5(8)9;;/h1-3H2,(H,6,7)(H,8,9);1H;1H2. The molecule has 0 aliphatic heterocycles. The molecule has 0 aromatic heterocycles. The summed E-state index contributed by atoms with van der Waals surface area (Å²) in [4.78, 5) is 19.6. The summed E-state index contributed by atoms with van der Waals surface area (Å²) < 4.78 is 0. The Hall–Kier alpha value is -0.810. The highest BCUT2D eigenvalue weighted by atomic mass is 35.5. The van der Waals surface area contributed by atoms with Gasteiger partial charge < -0.3 is 15.7 Å². The minimum Gasteiger partial charge on any atom is -0.481 e. The van der Waals surface area contributed by atoms with E-state index in [9.17, 15) is 9.59 Å². The van der Waals surface area contributed by atoms with Crippen molar-refractivity contribution in [1.82, 2.24) is 0 Å². The van der Waals surface area contributed by atoms with Crippen molar-refractivity contribution in [2.45, 2.75) is 19.3 Å². The van der Waals surface area contributed by atoms with Gasteiger partial charge in [-0.15, -0.1) is 12.4 Å². The van der Waals surface area contributed by atoms with Crippen LogP contribution in [-0.2, 0) is 9.59 Å². The molecule has 0 saturated carbocycles. The molecule has 0 amide bonds. The third-order valence-electron chi connectivity index (χ3n) is 0.781. The molecule has 0 radical (unpaired) electrons.